The van der Waals surface area contributed by atoms with Crippen molar-refractivity contribution in [3.63, 3.8) is 0 Å². The molecule has 0 amide bonds. The van der Waals surface area contributed by atoms with E-state index in [1.165, 1.54) is 4.90 Å². The molecule has 1 aromatic carbocycles. The topological polar surface area (TPSA) is 24.1 Å². The van der Waals surface area contributed by atoms with Crippen LogP contribution in [0.5, 0.6) is 0 Å². The lowest BCUT2D eigenvalue weighted by molar-refractivity contribution is 0.874. The summed E-state index contributed by atoms with van der Waals surface area (Å²) in [5.74, 6) is 1.13. The van der Waals surface area contributed by atoms with E-state index in [0.29, 0.717) is 0 Å². The largest absolute Gasteiger partial charge is 0.372 e. The van der Waals surface area contributed by atoms with E-state index < -0.39 is 0 Å². The summed E-state index contributed by atoms with van der Waals surface area (Å²) in [6, 6.07) is 8.50. The molecule has 2 nitrogen and oxygen atoms in total. The van der Waals surface area contributed by atoms with Crippen LogP contribution in [0.2, 0.25) is 0 Å². The Balaban J connectivity index is 2.48. The molecular weight excluding hydrogens is 180 g/mol. The Morgan fingerprint density at radius 3 is 2.46 bits per heavy atom. The Kier molecular flexibility index (Phi) is 4.72. The minimum atomic E-state index is 0.806. The Morgan fingerprint density at radius 1 is 1.23 bits per heavy atom. The predicted octanol–water partition coefficient (Wildman–Crippen LogP) is 2.39. The van der Waals surface area contributed by atoms with Crippen molar-refractivity contribution in [2.24, 2.45) is 0 Å². The van der Waals surface area contributed by atoms with Crippen LogP contribution in [0.15, 0.2) is 29.2 Å². The van der Waals surface area contributed by atoms with Crippen molar-refractivity contribution < 1.29 is 0 Å². The molecule has 72 valence electrons. The summed E-state index contributed by atoms with van der Waals surface area (Å²) in [5, 5.41) is 6.28. The van der Waals surface area contributed by atoms with E-state index in [-0.39, 0.29) is 0 Å². The standard InChI is InChI=1S/C10H16N2S/c1-3-13-10-6-4-9(5-7-10)12-8-11-2/h4-7,11-12H,3,8H2,1-2H3. The second kappa shape index (κ2) is 5.89. The zero-order chi connectivity index (χ0) is 9.52. The van der Waals surface area contributed by atoms with Crippen LogP contribution in [0.4, 0.5) is 5.69 Å². The van der Waals surface area contributed by atoms with Crippen molar-refractivity contribution in [1.29, 1.82) is 0 Å². The van der Waals surface area contributed by atoms with Gasteiger partial charge in [-0.3, -0.25) is 0 Å². The molecule has 3 heteroatoms. The van der Waals surface area contributed by atoms with Gasteiger partial charge in [0.15, 0.2) is 0 Å². The second-order valence-electron chi connectivity index (χ2n) is 2.66. The van der Waals surface area contributed by atoms with Crippen LogP contribution in [-0.2, 0) is 0 Å². The zero-order valence-electron chi connectivity index (χ0n) is 8.13. The fraction of sp³-hybridized carbons (Fsp3) is 0.400. The molecule has 0 aliphatic rings. The van der Waals surface area contributed by atoms with Crippen molar-refractivity contribution in [2.45, 2.75) is 11.8 Å². The first-order valence-corrected chi connectivity index (χ1v) is 5.46. The normalized spacial score (nSPS) is 10.0. The van der Waals surface area contributed by atoms with Gasteiger partial charge in [0.1, 0.15) is 0 Å². The van der Waals surface area contributed by atoms with Gasteiger partial charge < -0.3 is 10.6 Å². The van der Waals surface area contributed by atoms with Crippen molar-refractivity contribution in [3.05, 3.63) is 24.3 Å². The molecule has 0 spiro atoms. The Labute approximate surface area is 84.1 Å². The molecule has 0 atom stereocenters. The average Bonchev–Trinajstić information content (AvgIpc) is 2.17. The molecule has 0 saturated carbocycles. The van der Waals surface area contributed by atoms with Crippen LogP contribution < -0.4 is 10.6 Å². The number of thioether (sulfide) groups is 1. The monoisotopic (exact) mass is 196 g/mol. The first-order chi connectivity index (χ1) is 6.36. The van der Waals surface area contributed by atoms with E-state index >= 15 is 0 Å². The predicted molar refractivity (Wildman–Crippen MR) is 60.4 cm³/mol. The summed E-state index contributed by atoms with van der Waals surface area (Å²) in [4.78, 5) is 1.33. The zero-order valence-corrected chi connectivity index (χ0v) is 8.95. The van der Waals surface area contributed by atoms with Gasteiger partial charge in [0, 0.05) is 10.6 Å². The summed E-state index contributed by atoms with van der Waals surface area (Å²) in [5.41, 5.74) is 1.16. The summed E-state index contributed by atoms with van der Waals surface area (Å²) in [7, 11) is 1.92. The van der Waals surface area contributed by atoms with Crippen LogP contribution in [0.3, 0.4) is 0 Å². The number of anilines is 1. The van der Waals surface area contributed by atoms with E-state index in [1.54, 1.807) is 0 Å². The molecule has 0 unspecified atom stereocenters. The Morgan fingerprint density at radius 2 is 1.92 bits per heavy atom. The van der Waals surface area contributed by atoms with E-state index in [1.807, 2.05) is 18.8 Å². The average molecular weight is 196 g/mol. The summed E-state index contributed by atoms with van der Waals surface area (Å²) in [6.45, 7) is 2.97. The van der Waals surface area contributed by atoms with Gasteiger partial charge in [-0.05, 0) is 37.1 Å². The number of rotatable bonds is 5. The first kappa shape index (κ1) is 10.4. The fourth-order valence-corrected chi connectivity index (χ4v) is 1.69. The van der Waals surface area contributed by atoms with Gasteiger partial charge in [-0.25, -0.2) is 0 Å². The molecule has 0 bridgehead atoms. The summed E-state index contributed by atoms with van der Waals surface area (Å²) >= 11 is 1.86. The van der Waals surface area contributed by atoms with Gasteiger partial charge >= 0.3 is 0 Å². The van der Waals surface area contributed by atoms with Crippen molar-refractivity contribution in [1.82, 2.24) is 5.32 Å². The highest BCUT2D eigenvalue weighted by molar-refractivity contribution is 7.99. The third-order valence-corrected chi connectivity index (χ3v) is 2.53. The van der Waals surface area contributed by atoms with E-state index in [4.69, 9.17) is 0 Å². The third-order valence-electron chi connectivity index (χ3n) is 1.63. The molecule has 13 heavy (non-hydrogen) atoms. The Bertz CT molecular complexity index is 233. The number of hydrogen-bond donors (Lipinski definition) is 2. The molecular formula is C10H16N2S. The van der Waals surface area contributed by atoms with Gasteiger partial charge in [-0.1, -0.05) is 6.92 Å². The lowest BCUT2D eigenvalue weighted by Crippen LogP contribution is -2.16. The Hall–Kier alpha value is -0.670. The lowest BCUT2D eigenvalue weighted by atomic mass is 10.3. The highest BCUT2D eigenvalue weighted by Gasteiger charge is 1.92. The maximum Gasteiger partial charge on any atom is 0.0650 e. The van der Waals surface area contributed by atoms with Gasteiger partial charge in [0.25, 0.3) is 0 Å². The van der Waals surface area contributed by atoms with Crippen LogP contribution in [0.1, 0.15) is 6.92 Å². The van der Waals surface area contributed by atoms with Crippen molar-refractivity contribution in [3.8, 4) is 0 Å². The smallest absolute Gasteiger partial charge is 0.0650 e. The van der Waals surface area contributed by atoms with Gasteiger partial charge in [-0.2, -0.15) is 0 Å². The molecule has 1 rings (SSSR count). The molecule has 0 fully saturated rings. The second-order valence-corrected chi connectivity index (χ2v) is 4.00. The number of hydrogen-bond acceptors (Lipinski definition) is 3. The molecule has 0 heterocycles. The molecule has 0 aliphatic carbocycles. The van der Waals surface area contributed by atoms with Gasteiger partial charge in [0.2, 0.25) is 0 Å². The lowest BCUT2D eigenvalue weighted by Gasteiger charge is -2.05. The first-order valence-electron chi connectivity index (χ1n) is 4.48. The molecule has 0 saturated heterocycles. The van der Waals surface area contributed by atoms with Crippen LogP contribution in [0, 0.1) is 0 Å². The minimum Gasteiger partial charge on any atom is -0.372 e. The van der Waals surface area contributed by atoms with E-state index in [2.05, 4.69) is 41.8 Å². The van der Waals surface area contributed by atoms with Crippen LogP contribution >= 0.6 is 11.8 Å². The number of nitrogens with one attached hydrogen (secondary N) is 2. The molecule has 0 radical (unpaired) electrons. The molecule has 0 aromatic heterocycles. The highest BCUT2D eigenvalue weighted by atomic mass is 32.2. The molecule has 0 aliphatic heterocycles. The van der Waals surface area contributed by atoms with Gasteiger partial charge in [-0.15, -0.1) is 11.8 Å². The maximum absolute atomic E-state index is 3.24. The number of benzene rings is 1. The van der Waals surface area contributed by atoms with Gasteiger partial charge in [0.05, 0.1) is 6.67 Å². The molecule has 1 aromatic rings. The third kappa shape index (κ3) is 3.70. The maximum atomic E-state index is 3.24. The van der Waals surface area contributed by atoms with Crippen LogP contribution in [-0.4, -0.2) is 19.5 Å². The summed E-state index contributed by atoms with van der Waals surface area (Å²) < 4.78 is 0. The molecule has 2 N–H and O–H groups in total. The van der Waals surface area contributed by atoms with Crippen molar-refractivity contribution in [2.75, 3.05) is 24.8 Å². The highest BCUT2D eigenvalue weighted by Crippen LogP contribution is 2.19. The fourth-order valence-electron chi connectivity index (χ4n) is 1.03. The van der Waals surface area contributed by atoms with Crippen LogP contribution in [0.25, 0.3) is 0 Å². The van der Waals surface area contributed by atoms with Crippen molar-refractivity contribution >= 4 is 17.4 Å². The quantitative estimate of drug-likeness (QED) is 0.558. The van der Waals surface area contributed by atoms with E-state index in [0.717, 1.165) is 18.1 Å². The minimum absolute atomic E-state index is 0.806. The van der Waals surface area contributed by atoms with E-state index in [9.17, 15) is 0 Å². The SMILES string of the molecule is CCSc1ccc(NCNC)cc1. The summed E-state index contributed by atoms with van der Waals surface area (Å²) in [6.07, 6.45) is 0.